The third-order valence-electron chi connectivity index (χ3n) is 2.22. The summed E-state index contributed by atoms with van der Waals surface area (Å²) in [6, 6.07) is 14.3. The molecule has 4 heteroatoms. The number of hydrogen-bond donors (Lipinski definition) is 1. The molecule has 88 valence electrons. The molecule has 0 amide bonds. The van der Waals surface area contributed by atoms with Gasteiger partial charge in [-0.05, 0) is 31.2 Å². The van der Waals surface area contributed by atoms with Gasteiger partial charge in [-0.1, -0.05) is 18.2 Å². The van der Waals surface area contributed by atoms with Gasteiger partial charge in [-0.25, -0.2) is 0 Å². The molecule has 17 heavy (non-hydrogen) atoms. The van der Waals surface area contributed by atoms with Gasteiger partial charge in [0.15, 0.2) is 0 Å². The number of aromatic nitrogens is 2. The van der Waals surface area contributed by atoms with Crippen molar-refractivity contribution >= 4 is 17.6 Å². The predicted molar refractivity (Wildman–Crippen MR) is 72.4 cm³/mol. The smallest absolute Gasteiger partial charge is 0.148 e. The highest BCUT2D eigenvalue weighted by atomic mass is 32.2. The van der Waals surface area contributed by atoms with E-state index in [9.17, 15) is 0 Å². The summed E-state index contributed by atoms with van der Waals surface area (Å²) < 4.78 is 0. The molecule has 2 aromatic rings. The molecular weight excluding hydrogens is 230 g/mol. The molecule has 2 rings (SSSR count). The minimum absolute atomic E-state index is 0.837. The molecule has 1 N–H and O–H groups in total. The van der Waals surface area contributed by atoms with Gasteiger partial charge in [0.2, 0.25) is 0 Å². The molecule has 0 bridgehead atoms. The van der Waals surface area contributed by atoms with Crippen molar-refractivity contribution in [3.05, 3.63) is 48.2 Å². The zero-order valence-electron chi connectivity index (χ0n) is 9.76. The van der Waals surface area contributed by atoms with E-state index in [0.717, 1.165) is 23.8 Å². The van der Waals surface area contributed by atoms with Gasteiger partial charge < -0.3 is 5.32 Å². The van der Waals surface area contributed by atoms with E-state index < -0.39 is 0 Å². The molecule has 0 spiro atoms. The zero-order chi connectivity index (χ0) is 11.9. The standard InChI is InChI=1S/C13H15N3S/c1-11-7-8-13(16-15-11)14-9-10-17-12-5-3-2-4-6-12/h2-8H,9-10H2,1H3,(H,14,16). The lowest BCUT2D eigenvalue weighted by atomic mass is 10.4. The predicted octanol–water partition coefficient (Wildman–Crippen LogP) is 2.99. The Morgan fingerprint density at radius 1 is 1.06 bits per heavy atom. The van der Waals surface area contributed by atoms with Crippen LogP contribution in [-0.4, -0.2) is 22.5 Å². The third kappa shape index (κ3) is 4.07. The van der Waals surface area contributed by atoms with Crippen LogP contribution in [0.4, 0.5) is 5.82 Å². The molecule has 3 nitrogen and oxygen atoms in total. The van der Waals surface area contributed by atoms with Crippen LogP contribution in [0.25, 0.3) is 0 Å². The van der Waals surface area contributed by atoms with Crippen LogP contribution >= 0.6 is 11.8 Å². The molecule has 1 aromatic carbocycles. The highest BCUT2D eigenvalue weighted by Gasteiger charge is 1.95. The van der Waals surface area contributed by atoms with E-state index in [1.165, 1.54) is 4.90 Å². The van der Waals surface area contributed by atoms with Gasteiger partial charge in [0.1, 0.15) is 5.82 Å². The van der Waals surface area contributed by atoms with Crippen molar-refractivity contribution in [2.75, 3.05) is 17.6 Å². The maximum absolute atomic E-state index is 4.05. The zero-order valence-corrected chi connectivity index (χ0v) is 10.6. The molecule has 1 heterocycles. The molecule has 0 saturated carbocycles. The molecule has 0 saturated heterocycles. The second-order valence-electron chi connectivity index (χ2n) is 3.65. The molecule has 0 aliphatic heterocycles. The van der Waals surface area contributed by atoms with Crippen LogP contribution in [0.1, 0.15) is 5.69 Å². The van der Waals surface area contributed by atoms with Crippen LogP contribution in [0.2, 0.25) is 0 Å². The van der Waals surface area contributed by atoms with E-state index in [4.69, 9.17) is 0 Å². The fourth-order valence-electron chi connectivity index (χ4n) is 1.36. The number of aryl methyl sites for hydroxylation is 1. The second kappa shape index (κ2) is 6.25. The summed E-state index contributed by atoms with van der Waals surface area (Å²) in [5.41, 5.74) is 0.939. The van der Waals surface area contributed by atoms with E-state index in [-0.39, 0.29) is 0 Å². The minimum atomic E-state index is 0.837. The Bertz CT molecular complexity index is 442. The summed E-state index contributed by atoms with van der Waals surface area (Å²) in [5, 5.41) is 11.3. The van der Waals surface area contributed by atoms with E-state index >= 15 is 0 Å². The van der Waals surface area contributed by atoms with E-state index in [1.54, 1.807) is 0 Å². The summed E-state index contributed by atoms with van der Waals surface area (Å²) in [5.74, 6) is 1.85. The lowest BCUT2D eigenvalue weighted by Crippen LogP contribution is -2.06. The van der Waals surface area contributed by atoms with Crippen molar-refractivity contribution < 1.29 is 0 Å². The Balaban J connectivity index is 1.71. The topological polar surface area (TPSA) is 37.8 Å². The average Bonchev–Trinajstić information content (AvgIpc) is 2.38. The first kappa shape index (κ1) is 11.9. The fraction of sp³-hybridized carbons (Fsp3) is 0.231. The van der Waals surface area contributed by atoms with E-state index in [1.807, 2.05) is 36.9 Å². The summed E-state index contributed by atoms with van der Waals surface area (Å²) >= 11 is 1.83. The Morgan fingerprint density at radius 3 is 2.59 bits per heavy atom. The number of rotatable bonds is 5. The van der Waals surface area contributed by atoms with Gasteiger partial charge in [0, 0.05) is 17.2 Å². The molecule has 0 radical (unpaired) electrons. The van der Waals surface area contributed by atoms with Crippen molar-refractivity contribution in [2.24, 2.45) is 0 Å². The van der Waals surface area contributed by atoms with Crippen LogP contribution in [0, 0.1) is 6.92 Å². The minimum Gasteiger partial charge on any atom is -0.368 e. The summed E-state index contributed by atoms with van der Waals surface area (Å²) in [6.07, 6.45) is 0. The first-order valence-electron chi connectivity index (χ1n) is 5.56. The third-order valence-corrected chi connectivity index (χ3v) is 3.23. The van der Waals surface area contributed by atoms with Gasteiger partial charge in [-0.2, -0.15) is 5.10 Å². The maximum atomic E-state index is 4.05. The normalized spacial score (nSPS) is 10.2. The van der Waals surface area contributed by atoms with E-state index in [2.05, 4.69) is 39.8 Å². The summed E-state index contributed by atoms with van der Waals surface area (Å²) in [4.78, 5) is 1.30. The van der Waals surface area contributed by atoms with Crippen molar-refractivity contribution in [3.8, 4) is 0 Å². The lowest BCUT2D eigenvalue weighted by molar-refractivity contribution is 0.971. The molecule has 0 aliphatic carbocycles. The Hall–Kier alpha value is -1.55. The molecule has 0 aliphatic rings. The quantitative estimate of drug-likeness (QED) is 0.649. The number of nitrogens with zero attached hydrogens (tertiary/aromatic N) is 2. The number of benzene rings is 1. The van der Waals surface area contributed by atoms with Crippen LogP contribution < -0.4 is 5.32 Å². The molecule has 0 atom stereocenters. The largest absolute Gasteiger partial charge is 0.368 e. The molecule has 1 aromatic heterocycles. The first-order chi connectivity index (χ1) is 8.34. The maximum Gasteiger partial charge on any atom is 0.148 e. The summed E-state index contributed by atoms with van der Waals surface area (Å²) in [7, 11) is 0. The van der Waals surface area contributed by atoms with Gasteiger partial charge in [-0.15, -0.1) is 16.9 Å². The lowest BCUT2D eigenvalue weighted by Gasteiger charge is -2.04. The fourth-order valence-corrected chi connectivity index (χ4v) is 2.15. The number of anilines is 1. The molecule has 0 unspecified atom stereocenters. The Morgan fingerprint density at radius 2 is 1.88 bits per heavy atom. The van der Waals surface area contributed by atoms with Crippen molar-refractivity contribution in [3.63, 3.8) is 0 Å². The SMILES string of the molecule is Cc1ccc(NCCSc2ccccc2)nn1. The number of hydrogen-bond acceptors (Lipinski definition) is 4. The van der Waals surface area contributed by atoms with Crippen molar-refractivity contribution in [1.82, 2.24) is 10.2 Å². The highest BCUT2D eigenvalue weighted by molar-refractivity contribution is 7.99. The second-order valence-corrected chi connectivity index (χ2v) is 4.82. The van der Waals surface area contributed by atoms with Crippen LogP contribution in [0.5, 0.6) is 0 Å². The Labute approximate surface area is 106 Å². The molecule has 0 fully saturated rings. The molecular formula is C13H15N3S. The van der Waals surface area contributed by atoms with Crippen LogP contribution in [0.3, 0.4) is 0 Å². The average molecular weight is 245 g/mol. The number of thioether (sulfide) groups is 1. The van der Waals surface area contributed by atoms with Crippen LogP contribution in [-0.2, 0) is 0 Å². The number of nitrogens with one attached hydrogen (secondary N) is 1. The van der Waals surface area contributed by atoms with Gasteiger partial charge >= 0.3 is 0 Å². The monoisotopic (exact) mass is 245 g/mol. The van der Waals surface area contributed by atoms with Crippen LogP contribution in [0.15, 0.2) is 47.4 Å². The summed E-state index contributed by atoms with van der Waals surface area (Å²) in [6.45, 7) is 2.82. The van der Waals surface area contributed by atoms with Crippen molar-refractivity contribution in [1.29, 1.82) is 0 Å². The van der Waals surface area contributed by atoms with Gasteiger partial charge in [-0.3, -0.25) is 0 Å². The van der Waals surface area contributed by atoms with Gasteiger partial charge in [0.25, 0.3) is 0 Å². The van der Waals surface area contributed by atoms with Gasteiger partial charge in [0.05, 0.1) is 5.69 Å². The first-order valence-corrected chi connectivity index (χ1v) is 6.55. The Kier molecular flexibility index (Phi) is 4.38. The van der Waals surface area contributed by atoms with E-state index in [0.29, 0.717) is 0 Å². The van der Waals surface area contributed by atoms with Crippen molar-refractivity contribution in [2.45, 2.75) is 11.8 Å². The highest BCUT2D eigenvalue weighted by Crippen LogP contribution is 2.16.